The molecule has 5 heteroatoms. The van der Waals surface area contributed by atoms with E-state index in [0.29, 0.717) is 11.3 Å². The van der Waals surface area contributed by atoms with Crippen LogP contribution in [0.4, 0.5) is 5.69 Å². The van der Waals surface area contributed by atoms with E-state index >= 15 is 0 Å². The molecule has 0 saturated carbocycles. The molecule has 0 aromatic heterocycles. The van der Waals surface area contributed by atoms with Gasteiger partial charge in [0.2, 0.25) is 10.0 Å². The zero-order valence-corrected chi connectivity index (χ0v) is 8.98. The van der Waals surface area contributed by atoms with Crippen molar-refractivity contribution in [1.29, 1.82) is 0 Å². The number of hydrogen-bond donors (Lipinski definition) is 1. The molecule has 0 spiro atoms. The fourth-order valence-corrected chi connectivity index (χ4v) is 1.59. The van der Waals surface area contributed by atoms with Gasteiger partial charge in [0.1, 0.15) is 0 Å². The Labute approximate surface area is 88.1 Å². The smallest absolute Gasteiger partial charge is 0.229 e. The first-order valence-electron chi connectivity index (χ1n) is 3.71. The first-order valence-corrected chi connectivity index (χ1v) is 5.98. The Bertz CT molecular complexity index is 485. The van der Waals surface area contributed by atoms with E-state index in [-0.39, 0.29) is 0 Å². The van der Waals surface area contributed by atoms with Gasteiger partial charge in [-0.3, -0.25) is 4.72 Å². The van der Waals surface area contributed by atoms with Gasteiger partial charge < -0.3 is 0 Å². The van der Waals surface area contributed by atoms with E-state index in [0.717, 1.165) is 6.26 Å². The second-order valence-corrected chi connectivity index (χ2v) is 4.61. The van der Waals surface area contributed by atoms with Crippen LogP contribution in [0.15, 0.2) is 24.3 Å². The summed E-state index contributed by atoms with van der Waals surface area (Å²) in [6.45, 7) is 0. The summed E-state index contributed by atoms with van der Waals surface area (Å²) in [5.74, 6) is 2.61. The van der Waals surface area contributed by atoms with E-state index in [1.165, 1.54) is 0 Å². The van der Waals surface area contributed by atoms with Crippen LogP contribution in [0.3, 0.4) is 0 Å². The molecule has 0 aliphatic rings. The Morgan fingerprint density at radius 3 is 2.71 bits per heavy atom. The van der Waals surface area contributed by atoms with E-state index in [1.54, 1.807) is 24.3 Å². The summed E-state index contributed by atoms with van der Waals surface area (Å²) in [4.78, 5) is 0. The van der Waals surface area contributed by atoms with Crippen LogP contribution < -0.4 is 4.72 Å². The number of nitrogens with one attached hydrogen (secondary N) is 1. The third kappa shape index (κ3) is 3.69. The van der Waals surface area contributed by atoms with Crippen molar-refractivity contribution in [2.45, 2.75) is 0 Å². The minimum atomic E-state index is -3.24. The molecule has 0 bridgehead atoms. The molecule has 14 heavy (non-hydrogen) atoms. The van der Waals surface area contributed by atoms with Crippen LogP contribution in [0.5, 0.6) is 0 Å². The van der Waals surface area contributed by atoms with Crippen LogP contribution >= 0.6 is 11.6 Å². The molecule has 0 heterocycles. The molecule has 0 amide bonds. The Kier molecular flexibility index (Phi) is 3.39. The van der Waals surface area contributed by atoms with Crippen molar-refractivity contribution in [3.05, 3.63) is 29.8 Å². The van der Waals surface area contributed by atoms with Crippen LogP contribution in [0.1, 0.15) is 5.56 Å². The van der Waals surface area contributed by atoms with Gasteiger partial charge in [-0.2, -0.15) is 0 Å². The van der Waals surface area contributed by atoms with Gasteiger partial charge in [-0.1, -0.05) is 6.07 Å². The molecule has 74 valence electrons. The molecule has 0 atom stereocenters. The van der Waals surface area contributed by atoms with Crippen molar-refractivity contribution >= 4 is 27.3 Å². The number of sulfonamides is 1. The zero-order valence-electron chi connectivity index (χ0n) is 7.41. The van der Waals surface area contributed by atoms with Gasteiger partial charge in [0, 0.05) is 16.6 Å². The van der Waals surface area contributed by atoms with Gasteiger partial charge in [-0.15, -0.1) is 0 Å². The minimum absolute atomic E-state index is 0.476. The quantitative estimate of drug-likeness (QED) is 0.784. The van der Waals surface area contributed by atoms with E-state index in [1.807, 2.05) is 0 Å². The Morgan fingerprint density at radius 2 is 2.14 bits per heavy atom. The third-order valence-electron chi connectivity index (χ3n) is 1.36. The SMILES string of the molecule is CS(=O)(=O)Nc1cccc(C#CCl)c1. The highest BCUT2D eigenvalue weighted by Gasteiger charge is 2.00. The maximum Gasteiger partial charge on any atom is 0.229 e. The first-order chi connectivity index (χ1) is 6.51. The Hall–Kier alpha value is -1.18. The standard InChI is InChI=1S/C9H8ClNO2S/c1-14(12,13)11-9-4-2-3-8(7-9)5-6-10/h2-4,7,11H,1H3. The molecule has 0 unspecified atom stereocenters. The van der Waals surface area contributed by atoms with Crippen molar-refractivity contribution < 1.29 is 8.42 Å². The topological polar surface area (TPSA) is 46.2 Å². The van der Waals surface area contributed by atoms with Crippen molar-refractivity contribution in [3.63, 3.8) is 0 Å². The van der Waals surface area contributed by atoms with Gasteiger partial charge in [-0.05, 0) is 35.7 Å². The molecule has 1 rings (SSSR count). The minimum Gasteiger partial charge on any atom is -0.284 e. The summed E-state index contributed by atoms with van der Waals surface area (Å²) in [5.41, 5.74) is 1.14. The number of benzene rings is 1. The average molecular weight is 230 g/mol. The first kappa shape index (κ1) is 10.9. The van der Waals surface area contributed by atoms with Crippen molar-refractivity contribution in [3.8, 4) is 11.3 Å². The van der Waals surface area contributed by atoms with Crippen LogP contribution in [0, 0.1) is 11.3 Å². The Balaban J connectivity index is 2.99. The number of rotatable bonds is 2. The maximum absolute atomic E-state index is 10.9. The molecule has 0 fully saturated rings. The predicted octanol–water partition coefficient (Wildman–Crippen LogP) is 1.61. The summed E-state index contributed by atoms with van der Waals surface area (Å²) in [6.07, 6.45) is 1.09. The van der Waals surface area contributed by atoms with Gasteiger partial charge in [0.25, 0.3) is 0 Å². The molecular weight excluding hydrogens is 222 g/mol. The van der Waals surface area contributed by atoms with Gasteiger partial charge in [0.15, 0.2) is 0 Å². The second-order valence-electron chi connectivity index (χ2n) is 2.67. The Morgan fingerprint density at radius 1 is 1.43 bits per heavy atom. The van der Waals surface area contributed by atoms with Gasteiger partial charge in [0.05, 0.1) is 6.26 Å². The third-order valence-corrected chi connectivity index (χ3v) is 2.06. The predicted molar refractivity (Wildman–Crippen MR) is 57.6 cm³/mol. The van der Waals surface area contributed by atoms with Crippen LogP contribution in [-0.2, 0) is 10.0 Å². The fourth-order valence-electron chi connectivity index (χ4n) is 0.929. The van der Waals surface area contributed by atoms with Crippen molar-refractivity contribution in [1.82, 2.24) is 0 Å². The number of anilines is 1. The molecule has 0 saturated heterocycles. The van der Waals surface area contributed by atoms with Gasteiger partial charge >= 0.3 is 0 Å². The van der Waals surface area contributed by atoms with E-state index < -0.39 is 10.0 Å². The molecule has 3 nitrogen and oxygen atoms in total. The van der Waals surface area contributed by atoms with Crippen molar-refractivity contribution in [2.24, 2.45) is 0 Å². The summed E-state index contributed by atoms with van der Waals surface area (Å²) in [6, 6.07) is 6.68. The highest BCUT2D eigenvalue weighted by molar-refractivity contribution is 7.92. The van der Waals surface area contributed by atoms with E-state index in [9.17, 15) is 8.42 Å². The normalized spacial score (nSPS) is 10.1. The fraction of sp³-hybridized carbons (Fsp3) is 0.111. The molecule has 0 aliphatic heterocycles. The molecule has 0 aliphatic carbocycles. The number of hydrogen-bond acceptors (Lipinski definition) is 2. The zero-order chi connectivity index (χ0) is 10.6. The van der Waals surface area contributed by atoms with Crippen LogP contribution in [0.2, 0.25) is 0 Å². The largest absolute Gasteiger partial charge is 0.284 e. The van der Waals surface area contributed by atoms with Crippen molar-refractivity contribution in [2.75, 3.05) is 11.0 Å². The summed E-state index contributed by atoms with van der Waals surface area (Å²) in [5, 5.41) is 2.22. The number of halogens is 1. The molecule has 1 aromatic carbocycles. The lowest BCUT2D eigenvalue weighted by atomic mass is 10.2. The monoisotopic (exact) mass is 229 g/mol. The lowest BCUT2D eigenvalue weighted by Gasteiger charge is -2.02. The lowest BCUT2D eigenvalue weighted by Crippen LogP contribution is -2.09. The van der Waals surface area contributed by atoms with Gasteiger partial charge in [-0.25, -0.2) is 8.42 Å². The van der Waals surface area contributed by atoms with E-state index in [2.05, 4.69) is 16.0 Å². The molecule has 1 N–H and O–H groups in total. The highest BCUT2D eigenvalue weighted by atomic mass is 35.5. The average Bonchev–Trinajstić information content (AvgIpc) is 2.02. The highest BCUT2D eigenvalue weighted by Crippen LogP contribution is 2.10. The summed E-state index contributed by atoms with van der Waals surface area (Å²) < 4.78 is 24.1. The van der Waals surface area contributed by atoms with Crippen LogP contribution in [-0.4, -0.2) is 14.7 Å². The summed E-state index contributed by atoms with van der Waals surface area (Å²) in [7, 11) is -3.24. The molecule has 0 radical (unpaired) electrons. The molecule has 1 aromatic rings. The van der Waals surface area contributed by atoms with E-state index in [4.69, 9.17) is 11.6 Å². The maximum atomic E-state index is 10.9. The summed E-state index contributed by atoms with van der Waals surface area (Å²) >= 11 is 5.22. The van der Waals surface area contributed by atoms with Crippen LogP contribution in [0.25, 0.3) is 0 Å². The lowest BCUT2D eigenvalue weighted by molar-refractivity contribution is 0.607. The second kappa shape index (κ2) is 4.36. The molecular formula is C9H8ClNO2S.